The molecular formula is C12H12N2O3S2. The lowest BCUT2D eigenvalue weighted by Gasteiger charge is -2.00. The van der Waals surface area contributed by atoms with Crippen LogP contribution in [0.4, 0.5) is 4.79 Å². The molecule has 1 aliphatic rings. The summed E-state index contributed by atoms with van der Waals surface area (Å²) in [7, 11) is 1.33. The number of nitrogens with one attached hydrogen (secondary N) is 1. The van der Waals surface area contributed by atoms with Crippen molar-refractivity contribution in [2.24, 2.45) is 0 Å². The van der Waals surface area contributed by atoms with Gasteiger partial charge in [-0.15, -0.1) is 11.3 Å². The predicted octanol–water partition coefficient (Wildman–Crippen LogP) is 2.47. The minimum absolute atomic E-state index is 0.0927. The van der Waals surface area contributed by atoms with Gasteiger partial charge in [-0.25, -0.2) is 9.78 Å². The standard InChI is InChI=1S/C12H12N2O3S2/c1-17-12(16)18-5-8-13-10(15)9-6-3-2-4-7(6)19-11(9)14-8/h2-5H2,1H3,(H,13,14,15). The highest BCUT2D eigenvalue weighted by Gasteiger charge is 2.21. The number of thioether (sulfide) groups is 1. The molecule has 7 heteroatoms. The van der Waals surface area contributed by atoms with Gasteiger partial charge < -0.3 is 9.72 Å². The Hall–Kier alpha value is -1.34. The first-order valence-corrected chi connectivity index (χ1v) is 7.73. The fraction of sp³-hybridized carbons (Fsp3) is 0.417. The number of rotatable bonds is 2. The van der Waals surface area contributed by atoms with Crippen molar-refractivity contribution in [1.82, 2.24) is 9.97 Å². The molecule has 0 saturated carbocycles. The van der Waals surface area contributed by atoms with Gasteiger partial charge in [-0.2, -0.15) is 0 Å². The molecule has 0 spiro atoms. The summed E-state index contributed by atoms with van der Waals surface area (Å²) in [6.07, 6.45) is 3.13. The van der Waals surface area contributed by atoms with E-state index in [1.165, 1.54) is 17.6 Å². The molecule has 0 amide bonds. The molecule has 0 aromatic carbocycles. The van der Waals surface area contributed by atoms with Crippen LogP contribution in [0, 0.1) is 0 Å². The molecule has 2 heterocycles. The third kappa shape index (κ3) is 2.28. The van der Waals surface area contributed by atoms with Gasteiger partial charge in [0.1, 0.15) is 10.7 Å². The Bertz CT molecular complexity index is 705. The van der Waals surface area contributed by atoms with E-state index in [-0.39, 0.29) is 10.9 Å². The zero-order valence-electron chi connectivity index (χ0n) is 10.3. The molecule has 1 N–H and O–H groups in total. The van der Waals surface area contributed by atoms with Crippen LogP contribution in [-0.2, 0) is 23.3 Å². The van der Waals surface area contributed by atoms with Crippen LogP contribution in [0.3, 0.4) is 0 Å². The van der Waals surface area contributed by atoms with Crippen molar-refractivity contribution < 1.29 is 9.53 Å². The molecule has 1 aliphatic carbocycles. The zero-order valence-corrected chi connectivity index (χ0v) is 11.9. The highest BCUT2D eigenvalue weighted by Crippen LogP contribution is 2.34. The summed E-state index contributed by atoms with van der Waals surface area (Å²) in [4.78, 5) is 32.5. The number of carbonyl (C=O) groups excluding carboxylic acids is 1. The number of aromatic amines is 1. The second-order valence-corrected chi connectivity index (χ2v) is 6.29. The SMILES string of the molecule is COC(=O)SCc1nc2sc3c(c2c(=O)[nH]1)CCC3. The molecule has 3 rings (SSSR count). The lowest BCUT2D eigenvalue weighted by atomic mass is 10.2. The first-order chi connectivity index (χ1) is 9.19. The van der Waals surface area contributed by atoms with E-state index >= 15 is 0 Å². The maximum Gasteiger partial charge on any atom is 0.367 e. The summed E-state index contributed by atoms with van der Waals surface area (Å²) in [5.41, 5.74) is 1.07. The number of aromatic nitrogens is 2. The van der Waals surface area contributed by atoms with E-state index in [0.717, 1.165) is 41.2 Å². The van der Waals surface area contributed by atoms with Gasteiger partial charge in [-0.3, -0.25) is 4.79 Å². The third-order valence-electron chi connectivity index (χ3n) is 3.12. The summed E-state index contributed by atoms with van der Waals surface area (Å²) in [6, 6.07) is 0. The van der Waals surface area contributed by atoms with E-state index in [4.69, 9.17) is 0 Å². The highest BCUT2D eigenvalue weighted by atomic mass is 32.2. The summed E-state index contributed by atoms with van der Waals surface area (Å²) in [5.74, 6) is 0.841. The Balaban J connectivity index is 1.97. The van der Waals surface area contributed by atoms with Crippen LogP contribution in [0.2, 0.25) is 0 Å². The maximum atomic E-state index is 12.1. The fourth-order valence-electron chi connectivity index (χ4n) is 2.30. The fourth-order valence-corrected chi connectivity index (χ4v) is 4.09. The van der Waals surface area contributed by atoms with Crippen LogP contribution in [0.15, 0.2) is 4.79 Å². The molecular weight excluding hydrogens is 284 g/mol. The number of hydrogen-bond donors (Lipinski definition) is 1. The van der Waals surface area contributed by atoms with Crippen molar-refractivity contribution in [3.63, 3.8) is 0 Å². The smallest absolute Gasteiger partial charge is 0.367 e. The highest BCUT2D eigenvalue weighted by molar-refractivity contribution is 8.12. The van der Waals surface area contributed by atoms with Crippen molar-refractivity contribution in [1.29, 1.82) is 0 Å². The second-order valence-electron chi connectivity index (χ2n) is 4.29. The van der Waals surface area contributed by atoms with Crippen LogP contribution >= 0.6 is 23.1 Å². The minimum atomic E-state index is -0.378. The first-order valence-electron chi connectivity index (χ1n) is 5.93. The van der Waals surface area contributed by atoms with Crippen molar-refractivity contribution in [3.05, 3.63) is 26.6 Å². The summed E-state index contributed by atoms with van der Waals surface area (Å²) >= 11 is 2.59. The number of fused-ring (bicyclic) bond motifs is 3. The molecule has 100 valence electrons. The number of nitrogens with zero attached hydrogens (tertiary/aromatic N) is 1. The lowest BCUT2D eigenvalue weighted by Crippen LogP contribution is -2.11. The summed E-state index contributed by atoms with van der Waals surface area (Å²) < 4.78 is 4.55. The van der Waals surface area contributed by atoms with Crippen LogP contribution in [-0.4, -0.2) is 22.4 Å². The Morgan fingerprint density at radius 3 is 3.16 bits per heavy atom. The molecule has 2 aromatic heterocycles. The predicted molar refractivity (Wildman–Crippen MR) is 76.0 cm³/mol. The third-order valence-corrected chi connectivity index (χ3v) is 5.12. The molecule has 0 fully saturated rings. The number of H-pyrrole nitrogens is 1. The van der Waals surface area contributed by atoms with E-state index in [2.05, 4.69) is 14.7 Å². The Kier molecular flexibility index (Phi) is 3.32. The quantitative estimate of drug-likeness (QED) is 0.862. The van der Waals surface area contributed by atoms with E-state index in [0.29, 0.717) is 11.6 Å². The topological polar surface area (TPSA) is 72.0 Å². The number of carbonyl (C=O) groups is 1. The van der Waals surface area contributed by atoms with Crippen LogP contribution < -0.4 is 5.56 Å². The maximum absolute atomic E-state index is 12.1. The summed E-state index contributed by atoms with van der Waals surface area (Å²) in [5, 5.41) is 0.362. The van der Waals surface area contributed by atoms with Gasteiger partial charge in [0.2, 0.25) is 0 Å². The van der Waals surface area contributed by atoms with Crippen molar-refractivity contribution >= 4 is 38.6 Å². The van der Waals surface area contributed by atoms with Crippen molar-refractivity contribution in [3.8, 4) is 0 Å². The number of aryl methyl sites for hydroxylation is 2. The van der Waals surface area contributed by atoms with Crippen molar-refractivity contribution in [2.75, 3.05) is 7.11 Å². The number of methoxy groups -OCH3 is 1. The molecule has 2 aromatic rings. The number of hydrogen-bond acceptors (Lipinski definition) is 6. The minimum Gasteiger partial charge on any atom is -0.461 e. The van der Waals surface area contributed by atoms with Gasteiger partial charge in [0.15, 0.2) is 0 Å². The number of thiophene rings is 1. The van der Waals surface area contributed by atoms with Crippen LogP contribution in [0.5, 0.6) is 0 Å². The molecule has 0 bridgehead atoms. The van der Waals surface area contributed by atoms with Gasteiger partial charge in [-0.1, -0.05) is 0 Å². The molecule has 0 saturated heterocycles. The Morgan fingerprint density at radius 1 is 1.53 bits per heavy atom. The Morgan fingerprint density at radius 2 is 2.37 bits per heavy atom. The van der Waals surface area contributed by atoms with Crippen LogP contribution in [0.1, 0.15) is 22.7 Å². The van der Waals surface area contributed by atoms with E-state index in [1.54, 1.807) is 11.3 Å². The van der Waals surface area contributed by atoms with E-state index in [9.17, 15) is 9.59 Å². The average Bonchev–Trinajstić information content (AvgIpc) is 2.95. The molecule has 19 heavy (non-hydrogen) atoms. The molecule has 0 atom stereocenters. The number of ether oxygens (including phenoxy) is 1. The van der Waals surface area contributed by atoms with Gasteiger partial charge in [0, 0.05) is 4.88 Å². The molecule has 5 nitrogen and oxygen atoms in total. The largest absolute Gasteiger partial charge is 0.461 e. The first kappa shape index (κ1) is 12.7. The van der Waals surface area contributed by atoms with Gasteiger partial charge in [0.25, 0.3) is 5.56 Å². The molecule has 0 unspecified atom stereocenters. The normalized spacial score (nSPS) is 13.7. The van der Waals surface area contributed by atoms with Gasteiger partial charge in [0.05, 0.1) is 18.2 Å². The lowest BCUT2D eigenvalue weighted by molar-refractivity contribution is 0.200. The second kappa shape index (κ2) is 4.97. The van der Waals surface area contributed by atoms with Gasteiger partial charge in [-0.05, 0) is 36.6 Å². The Labute approximate surface area is 117 Å². The van der Waals surface area contributed by atoms with Crippen LogP contribution in [0.25, 0.3) is 10.2 Å². The van der Waals surface area contributed by atoms with E-state index in [1.807, 2.05) is 0 Å². The van der Waals surface area contributed by atoms with Gasteiger partial charge >= 0.3 is 5.30 Å². The monoisotopic (exact) mass is 296 g/mol. The molecule has 0 aliphatic heterocycles. The van der Waals surface area contributed by atoms with Crippen molar-refractivity contribution in [2.45, 2.75) is 25.0 Å². The average molecular weight is 296 g/mol. The summed E-state index contributed by atoms with van der Waals surface area (Å²) in [6.45, 7) is 0. The molecule has 0 radical (unpaired) electrons. The zero-order chi connectivity index (χ0) is 13.4. The van der Waals surface area contributed by atoms with E-state index < -0.39 is 0 Å².